The summed E-state index contributed by atoms with van der Waals surface area (Å²) in [5.41, 5.74) is 3.80. The van der Waals surface area contributed by atoms with Crippen molar-refractivity contribution in [1.29, 1.82) is 0 Å². The number of nitrogens with one attached hydrogen (secondary N) is 2. The van der Waals surface area contributed by atoms with Crippen molar-refractivity contribution in [2.75, 3.05) is 31.1 Å². The molecule has 1 aromatic carbocycles. The normalized spacial score (nSPS) is 15.2. The Hall–Kier alpha value is -2.83. The van der Waals surface area contributed by atoms with Crippen LogP contribution in [-0.4, -0.2) is 57.2 Å². The summed E-state index contributed by atoms with van der Waals surface area (Å²) in [6, 6.07) is 9.93. The Kier molecular flexibility index (Phi) is 3.68. The minimum absolute atomic E-state index is 0.130. The van der Waals surface area contributed by atoms with Gasteiger partial charge in [0.1, 0.15) is 0 Å². The number of para-hydroxylation sites is 2. The number of hydrogen-bond acceptors (Lipinski definition) is 4. The van der Waals surface area contributed by atoms with Crippen LogP contribution in [0.4, 0.5) is 5.95 Å². The monoisotopic (exact) mass is 324 g/mol. The standard InChI is InChI=1S/C17H20N6O/c1-12-10-13(21-20-12)11-16(24)22-6-8-23(9-7-22)17-18-14-4-2-3-5-15(14)19-17/h2-5,10H,6-9,11H2,1H3,(H,18,19)(H,20,21). The van der Waals surface area contributed by atoms with E-state index in [2.05, 4.69) is 25.1 Å². The van der Waals surface area contributed by atoms with Crippen LogP contribution in [0.2, 0.25) is 0 Å². The number of piperazine rings is 1. The van der Waals surface area contributed by atoms with Gasteiger partial charge in [-0.3, -0.25) is 9.89 Å². The van der Waals surface area contributed by atoms with Gasteiger partial charge in [0.15, 0.2) is 0 Å². The zero-order chi connectivity index (χ0) is 16.5. The van der Waals surface area contributed by atoms with E-state index in [-0.39, 0.29) is 5.91 Å². The lowest BCUT2D eigenvalue weighted by Gasteiger charge is -2.34. The maximum atomic E-state index is 12.4. The molecule has 0 saturated carbocycles. The minimum Gasteiger partial charge on any atom is -0.339 e. The topological polar surface area (TPSA) is 80.9 Å². The van der Waals surface area contributed by atoms with Gasteiger partial charge in [0.2, 0.25) is 11.9 Å². The lowest BCUT2D eigenvalue weighted by atomic mass is 10.2. The molecule has 124 valence electrons. The number of aromatic amines is 2. The molecular formula is C17H20N6O. The third-order valence-electron chi connectivity index (χ3n) is 4.40. The SMILES string of the molecule is Cc1cc(CC(=O)N2CCN(c3nc4ccccc4[nH]3)CC2)n[nH]1. The first-order valence-electron chi connectivity index (χ1n) is 8.17. The molecule has 2 aromatic heterocycles. The predicted octanol–water partition coefficient (Wildman–Crippen LogP) is 1.49. The lowest BCUT2D eigenvalue weighted by Crippen LogP contribution is -2.49. The summed E-state index contributed by atoms with van der Waals surface area (Å²) in [7, 11) is 0. The summed E-state index contributed by atoms with van der Waals surface area (Å²) >= 11 is 0. The highest BCUT2D eigenvalue weighted by Gasteiger charge is 2.23. The maximum Gasteiger partial charge on any atom is 0.228 e. The zero-order valence-corrected chi connectivity index (χ0v) is 13.6. The predicted molar refractivity (Wildman–Crippen MR) is 91.9 cm³/mol. The molecule has 0 atom stereocenters. The molecule has 0 bridgehead atoms. The van der Waals surface area contributed by atoms with Gasteiger partial charge in [0.05, 0.1) is 23.1 Å². The summed E-state index contributed by atoms with van der Waals surface area (Å²) in [4.78, 5) is 24.5. The van der Waals surface area contributed by atoms with Gasteiger partial charge >= 0.3 is 0 Å². The number of amides is 1. The highest BCUT2D eigenvalue weighted by atomic mass is 16.2. The molecule has 1 aliphatic rings. The number of aryl methyl sites for hydroxylation is 1. The lowest BCUT2D eigenvalue weighted by molar-refractivity contribution is -0.130. The first-order chi connectivity index (χ1) is 11.7. The zero-order valence-electron chi connectivity index (χ0n) is 13.6. The molecule has 3 heterocycles. The molecule has 7 nitrogen and oxygen atoms in total. The molecular weight excluding hydrogens is 304 g/mol. The van der Waals surface area contributed by atoms with E-state index in [0.29, 0.717) is 19.5 Å². The summed E-state index contributed by atoms with van der Waals surface area (Å²) in [5, 5.41) is 7.02. The van der Waals surface area contributed by atoms with Crippen molar-refractivity contribution in [2.24, 2.45) is 0 Å². The Morgan fingerprint density at radius 3 is 2.71 bits per heavy atom. The van der Waals surface area contributed by atoms with Crippen molar-refractivity contribution in [3.8, 4) is 0 Å². The van der Waals surface area contributed by atoms with E-state index in [1.54, 1.807) is 0 Å². The third kappa shape index (κ3) is 2.84. The molecule has 4 rings (SSSR count). The first kappa shape index (κ1) is 14.7. The van der Waals surface area contributed by atoms with Crippen LogP contribution >= 0.6 is 0 Å². The van der Waals surface area contributed by atoms with Gasteiger partial charge in [-0.1, -0.05) is 12.1 Å². The number of nitrogens with zero attached hydrogens (tertiary/aromatic N) is 4. The van der Waals surface area contributed by atoms with E-state index in [1.165, 1.54) is 0 Å². The molecule has 1 aliphatic heterocycles. The molecule has 1 amide bonds. The Morgan fingerprint density at radius 2 is 2.00 bits per heavy atom. The van der Waals surface area contributed by atoms with Gasteiger partial charge in [0, 0.05) is 31.9 Å². The summed E-state index contributed by atoms with van der Waals surface area (Å²) in [5.74, 6) is 1.01. The average molecular weight is 324 g/mol. The summed E-state index contributed by atoms with van der Waals surface area (Å²) < 4.78 is 0. The summed E-state index contributed by atoms with van der Waals surface area (Å²) in [6.07, 6.45) is 0.356. The van der Waals surface area contributed by atoms with Crippen LogP contribution in [-0.2, 0) is 11.2 Å². The first-order valence-corrected chi connectivity index (χ1v) is 8.17. The number of rotatable bonds is 3. The number of fused-ring (bicyclic) bond motifs is 1. The highest BCUT2D eigenvalue weighted by Crippen LogP contribution is 2.18. The molecule has 0 radical (unpaired) electrons. The molecule has 2 N–H and O–H groups in total. The van der Waals surface area contributed by atoms with Crippen molar-refractivity contribution in [1.82, 2.24) is 25.1 Å². The van der Waals surface area contributed by atoms with Crippen LogP contribution in [0.5, 0.6) is 0 Å². The number of hydrogen-bond donors (Lipinski definition) is 2. The smallest absolute Gasteiger partial charge is 0.228 e. The van der Waals surface area contributed by atoms with Crippen LogP contribution in [0.1, 0.15) is 11.4 Å². The van der Waals surface area contributed by atoms with Gasteiger partial charge in [-0.05, 0) is 25.1 Å². The van der Waals surface area contributed by atoms with Crippen molar-refractivity contribution < 1.29 is 4.79 Å². The maximum absolute atomic E-state index is 12.4. The van der Waals surface area contributed by atoms with E-state index in [1.807, 2.05) is 42.2 Å². The fourth-order valence-electron chi connectivity index (χ4n) is 3.09. The Labute approximate surface area is 139 Å². The van der Waals surface area contributed by atoms with Crippen molar-refractivity contribution >= 4 is 22.9 Å². The van der Waals surface area contributed by atoms with Crippen LogP contribution in [0, 0.1) is 6.92 Å². The van der Waals surface area contributed by atoms with E-state index in [9.17, 15) is 4.79 Å². The molecule has 3 aromatic rings. The van der Waals surface area contributed by atoms with Crippen LogP contribution in [0.3, 0.4) is 0 Å². The number of carbonyl (C=O) groups excluding carboxylic acids is 1. The Balaban J connectivity index is 1.38. The van der Waals surface area contributed by atoms with E-state index in [4.69, 9.17) is 0 Å². The van der Waals surface area contributed by atoms with Crippen LogP contribution in [0.25, 0.3) is 11.0 Å². The summed E-state index contributed by atoms with van der Waals surface area (Å²) in [6.45, 7) is 4.92. The second-order valence-electron chi connectivity index (χ2n) is 6.16. The van der Waals surface area contributed by atoms with Gasteiger partial charge in [-0.25, -0.2) is 4.98 Å². The number of anilines is 1. The van der Waals surface area contributed by atoms with Gasteiger partial charge in [-0.15, -0.1) is 0 Å². The van der Waals surface area contributed by atoms with Crippen molar-refractivity contribution in [3.63, 3.8) is 0 Å². The molecule has 0 aliphatic carbocycles. The second-order valence-corrected chi connectivity index (χ2v) is 6.16. The molecule has 24 heavy (non-hydrogen) atoms. The fourth-order valence-corrected chi connectivity index (χ4v) is 3.09. The Bertz CT molecular complexity index is 826. The minimum atomic E-state index is 0.130. The van der Waals surface area contributed by atoms with Crippen molar-refractivity contribution in [3.05, 3.63) is 41.7 Å². The number of benzene rings is 1. The van der Waals surface area contributed by atoms with Crippen LogP contribution in [0.15, 0.2) is 30.3 Å². The number of imidazole rings is 1. The Morgan fingerprint density at radius 1 is 1.21 bits per heavy atom. The van der Waals surface area contributed by atoms with Crippen LogP contribution < -0.4 is 4.90 Å². The number of aromatic nitrogens is 4. The largest absolute Gasteiger partial charge is 0.339 e. The average Bonchev–Trinajstić information content (AvgIpc) is 3.21. The van der Waals surface area contributed by atoms with E-state index >= 15 is 0 Å². The molecule has 1 fully saturated rings. The second kappa shape index (κ2) is 5.99. The van der Waals surface area contributed by atoms with E-state index < -0.39 is 0 Å². The third-order valence-corrected chi connectivity index (χ3v) is 4.40. The van der Waals surface area contributed by atoms with Crippen molar-refractivity contribution in [2.45, 2.75) is 13.3 Å². The molecule has 1 saturated heterocycles. The molecule has 7 heteroatoms. The number of H-pyrrole nitrogens is 2. The van der Waals surface area contributed by atoms with Gasteiger partial charge in [-0.2, -0.15) is 5.10 Å². The van der Waals surface area contributed by atoms with E-state index in [0.717, 1.165) is 41.5 Å². The fraction of sp³-hybridized carbons (Fsp3) is 0.353. The van der Waals surface area contributed by atoms with Gasteiger partial charge in [0.25, 0.3) is 0 Å². The van der Waals surface area contributed by atoms with Gasteiger partial charge < -0.3 is 14.8 Å². The highest BCUT2D eigenvalue weighted by molar-refractivity contribution is 5.79. The molecule has 0 spiro atoms. The quantitative estimate of drug-likeness (QED) is 0.765. The number of carbonyl (C=O) groups is 1. The molecule has 0 unspecified atom stereocenters.